The van der Waals surface area contributed by atoms with E-state index in [4.69, 9.17) is 0 Å². The van der Waals surface area contributed by atoms with Crippen LogP contribution in [0, 0.1) is 12.7 Å². The van der Waals surface area contributed by atoms with E-state index in [2.05, 4.69) is 10.3 Å². The van der Waals surface area contributed by atoms with Gasteiger partial charge in [0.1, 0.15) is 15.7 Å². The van der Waals surface area contributed by atoms with E-state index in [0.29, 0.717) is 16.1 Å². The molecule has 0 aliphatic rings. The fourth-order valence-corrected chi connectivity index (χ4v) is 2.86. The van der Waals surface area contributed by atoms with Crippen LogP contribution in [-0.2, 0) is 0 Å². The molecule has 0 radical (unpaired) electrons. The van der Waals surface area contributed by atoms with Crippen LogP contribution in [0.15, 0.2) is 54.7 Å². The zero-order valence-electron chi connectivity index (χ0n) is 11.8. The number of thiazole rings is 1. The molecule has 1 aromatic heterocycles. The van der Waals surface area contributed by atoms with Crippen LogP contribution in [0.2, 0.25) is 0 Å². The molecule has 22 heavy (non-hydrogen) atoms. The number of nitrogens with one attached hydrogen (secondary N) is 1. The SMILES string of the molecule is Cc1cc(F)ccc1NC(=O)c1cnc(-c2ccccc2)s1. The van der Waals surface area contributed by atoms with Crippen molar-refractivity contribution in [2.45, 2.75) is 6.92 Å². The van der Waals surface area contributed by atoms with Crippen LogP contribution < -0.4 is 5.32 Å². The Morgan fingerprint density at radius 1 is 1.18 bits per heavy atom. The largest absolute Gasteiger partial charge is 0.321 e. The van der Waals surface area contributed by atoms with Crippen molar-refractivity contribution in [1.29, 1.82) is 0 Å². The van der Waals surface area contributed by atoms with E-state index in [0.717, 1.165) is 10.6 Å². The highest BCUT2D eigenvalue weighted by atomic mass is 32.1. The number of aromatic nitrogens is 1. The number of nitrogens with zero attached hydrogens (tertiary/aromatic N) is 1. The molecular weight excluding hydrogens is 299 g/mol. The van der Waals surface area contributed by atoms with E-state index in [1.165, 1.54) is 23.5 Å². The summed E-state index contributed by atoms with van der Waals surface area (Å²) in [5.41, 5.74) is 2.26. The van der Waals surface area contributed by atoms with Crippen molar-refractivity contribution in [3.63, 3.8) is 0 Å². The van der Waals surface area contributed by atoms with E-state index in [1.54, 1.807) is 19.2 Å². The number of aryl methyl sites for hydroxylation is 1. The van der Waals surface area contributed by atoms with Crippen LogP contribution in [0.1, 0.15) is 15.2 Å². The molecule has 0 atom stereocenters. The Balaban J connectivity index is 1.80. The first-order valence-corrected chi connectivity index (χ1v) is 7.54. The summed E-state index contributed by atoms with van der Waals surface area (Å²) < 4.78 is 13.1. The molecule has 3 rings (SSSR count). The third-order valence-corrected chi connectivity index (χ3v) is 4.23. The van der Waals surface area contributed by atoms with Crippen molar-refractivity contribution < 1.29 is 9.18 Å². The summed E-state index contributed by atoms with van der Waals surface area (Å²) >= 11 is 1.33. The lowest BCUT2D eigenvalue weighted by molar-refractivity contribution is 0.103. The van der Waals surface area contributed by atoms with Gasteiger partial charge in [-0.2, -0.15) is 0 Å². The van der Waals surface area contributed by atoms with Gasteiger partial charge >= 0.3 is 0 Å². The number of rotatable bonds is 3. The van der Waals surface area contributed by atoms with Crippen LogP contribution in [-0.4, -0.2) is 10.9 Å². The lowest BCUT2D eigenvalue weighted by Crippen LogP contribution is -2.11. The van der Waals surface area contributed by atoms with Crippen LogP contribution in [0.3, 0.4) is 0 Å². The smallest absolute Gasteiger partial charge is 0.267 e. The Morgan fingerprint density at radius 2 is 1.95 bits per heavy atom. The van der Waals surface area contributed by atoms with Gasteiger partial charge in [-0.25, -0.2) is 9.37 Å². The first-order valence-electron chi connectivity index (χ1n) is 6.72. The monoisotopic (exact) mass is 312 g/mol. The lowest BCUT2D eigenvalue weighted by atomic mass is 10.2. The average Bonchev–Trinajstić information content (AvgIpc) is 3.01. The predicted molar refractivity (Wildman–Crippen MR) is 86.6 cm³/mol. The Morgan fingerprint density at radius 3 is 2.68 bits per heavy atom. The fourth-order valence-electron chi connectivity index (χ4n) is 2.04. The number of hydrogen-bond acceptors (Lipinski definition) is 3. The molecule has 0 saturated carbocycles. The minimum Gasteiger partial charge on any atom is -0.321 e. The van der Waals surface area contributed by atoms with E-state index in [1.807, 2.05) is 30.3 Å². The van der Waals surface area contributed by atoms with Crippen molar-refractivity contribution in [2.75, 3.05) is 5.32 Å². The first kappa shape index (κ1) is 14.4. The van der Waals surface area contributed by atoms with Gasteiger partial charge in [0.2, 0.25) is 0 Å². The number of benzene rings is 2. The molecule has 2 aromatic carbocycles. The topological polar surface area (TPSA) is 42.0 Å². The van der Waals surface area contributed by atoms with Gasteiger partial charge in [0, 0.05) is 11.3 Å². The second kappa shape index (κ2) is 6.07. The van der Waals surface area contributed by atoms with E-state index in [-0.39, 0.29) is 11.7 Å². The van der Waals surface area contributed by atoms with E-state index >= 15 is 0 Å². The van der Waals surface area contributed by atoms with Gasteiger partial charge in [-0.3, -0.25) is 4.79 Å². The molecule has 3 aromatic rings. The highest BCUT2D eigenvalue weighted by molar-refractivity contribution is 7.17. The summed E-state index contributed by atoms with van der Waals surface area (Å²) in [6.07, 6.45) is 1.56. The number of halogens is 1. The molecule has 3 nitrogen and oxygen atoms in total. The number of amides is 1. The molecule has 0 saturated heterocycles. The fraction of sp³-hybridized carbons (Fsp3) is 0.0588. The second-order valence-electron chi connectivity index (χ2n) is 4.81. The number of anilines is 1. The predicted octanol–water partition coefficient (Wildman–Crippen LogP) is 4.51. The molecule has 0 spiro atoms. The Labute approximate surface area is 131 Å². The third kappa shape index (κ3) is 3.04. The van der Waals surface area contributed by atoms with Gasteiger partial charge in [-0.05, 0) is 30.7 Å². The zero-order chi connectivity index (χ0) is 15.5. The van der Waals surface area contributed by atoms with Gasteiger partial charge in [-0.1, -0.05) is 30.3 Å². The third-order valence-electron chi connectivity index (χ3n) is 3.19. The zero-order valence-corrected chi connectivity index (χ0v) is 12.7. The highest BCUT2D eigenvalue weighted by Gasteiger charge is 2.13. The van der Waals surface area contributed by atoms with Gasteiger partial charge in [-0.15, -0.1) is 11.3 Å². The van der Waals surface area contributed by atoms with Gasteiger partial charge in [0.25, 0.3) is 5.91 Å². The summed E-state index contributed by atoms with van der Waals surface area (Å²) in [6.45, 7) is 1.75. The summed E-state index contributed by atoms with van der Waals surface area (Å²) in [4.78, 5) is 17.1. The summed E-state index contributed by atoms with van der Waals surface area (Å²) in [5.74, 6) is -0.561. The van der Waals surface area contributed by atoms with E-state index in [9.17, 15) is 9.18 Å². The highest BCUT2D eigenvalue weighted by Crippen LogP contribution is 2.26. The maximum atomic E-state index is 13.1. The normalized spacial score (nSPS) is 10.5. The minimum absolute atomic E-state index is 0.241. The van der Waals surface area contributed by atoms with Crippen LogP contribution in [0.5, 0.6) is 0 Å². The number of carbonyl (C=O) groups is 1. The van der Waals surface area contributed by atoms with Crippen LogP contribution >= 0.6 is 11.3 Å². The van der Waals surface area contributed by atoms with E-state index < -0.39 is 0 Å². The van der Waals surface area contributed by atoms with Crippen molar-refractivity contribution in [2.24, 2.45) is 0 Å². The van der Waals surface area contributed by atoms with Crippen LogP contribution in [0.4, 0.5) is 10.1 Å². The molecule has 0 fully saturated rings. The van der Waals surface area contributed by atoms with Crippen molar-refractivity contribution >= 4 is 22.9 Å². The van der Waals surface area contributed by atoms with Gasteiger partial charge < -0.3 is 5.32 Å². The lowest BCUT2D eigenvalue weighted by Gasteiger charge is -2.06. The maximum Gasteiger partial charge on any atom is 0.267 e. The molecule has 5 heteroatoms. The van der Waals surface area contributed by atoms with Crippen molar-refractivity contribution in [3.8, 4) is 10.6 Å². The van der Waals surface area contributed by atoms with Crippen LogP contribution in [0.25, 0.3) is 10.6 Å². The molecule has 0 aliphatic heterocycles. The maximum absolute atomic E-state index is 13.1. The molecule has 0 unspecified atom stereocenters. The van der Waals surface area contributed by atoms with Crippen molar-refractivity contribution in [3.05, 3.63) is 71.0 Å². The second-order valence-corrected chi connectivity index (χ2v) is 5.84. The van der Waals surface area contributed by atoms with Crippen molar-refractivity contribution in [1.82, 2.24) is 4.98 Å². The quantitative estimate of drug-likeness (QED) is 0.773. The Hall–Kier alpha value is -2.53. The molecular formula is C17H13FN2OS. The minimum atomic E-state index is -0.320. The number of hydrogen-bond donors (Lipinski definition) is 1. The molecule has 0 aliphatic carbocycles. The number of carbonyl (C=O) groups excluding carboxylic acids is 1. The first-order chi connectivity index (χ1) is 10.6. The molecule has 0 bridgehead atoms. The molecule has 1 amide bonds. The average molecular weight is 312 g/mol. The molecule has 1 N–H and O–H groups in total. The summed E-state index contributed by atoms with van der Waals surface area (Å²) in [5, 5.41) is 3.58. The Kier molecular flexibility index (Phi) is 3.98. The summed E-state index contributed by atoms with van der Waals surface area (Å²) in [6, 6.07) is 14.0. The van der Waals surface area contributed by atoms with Gasteiger partial charge in [0.05, 0.1) is 6.20 Å². The molecule has 1 heterocycles. The summed E-state index contributed by atoms with van der Waals surface area (Å²) in [7, 11) is 0. The standard InChI is InChI=1S/C17H13FN2OS/c1-11-9-13(18)7-8-14(11)20-16(21)15-10-19-17(22-15)12-5-3-2-4-6-12/h2-10H,1H3,(H,20,21). The molecule has 110 valence electrons. The van der Waals surface area contributed by atoms with Gasteiger partial charge in [0.15, 0.2) is 0 Å². The Bertz CT molecular complexity index is 815.